The number of anilines is 1. The summed E-state index contributed by atoms with van der Waals surface area (Å²) in [5.41, 5.74) is 0.925. The van der Waals surface area contributed by atoms with E-state index in [1.54, 1.807) is 12.1 Å². The fourth-order valence-corrected chi connectivity index (χ4v) is 4.07. The molecule has 1 heterocycles. The summed E-state index contributed by atoms with van der Waals surface area (Å²) >= 11 is 11.8. The van der Waals surface area contributed by atoms with Crippen LogP contribution >= 0.6 is 23.2 Å². The second-order valence-electron chi connectivity index (χ2n) is 6.13. The zero-order valence-corrected chi connectivity index (χ0v) is 13.6. The van der Waals surface area contributed by atoms with Crippen LogP contribution in [0.1, 0.15) is 32.1 Å². The summed E-state index contributed by atoms with van der Waals surface area (Å²) in [5, 5.41) is 3.85. The van der Waals surface area contributed by atoms with E-state index in [-0.39, 0.29) is 10.0 Å². The molecule has 0 amide bonds. The Morgan fingerprint density at radius 3 is 2.43 bits per heavy atom. The minimum absolute atomic E-state index is 0.102. The zero-order chi connectivity index (χ0) is 14.8. The van der Waals surface area contributed by atoms with Crippen molar-refractivity contribution in [1.29, 1.82) is 0 Å². The van der Waals surface area contributed by atoms with Crippen LogP contribution in [0.5, 0.6) is 0 Å². The van der Waals surface area contributed by atoms with Gasteiger partial charge in [0.2, 0.25) is 0 Å². The topological polar surface area (TPSA) is 15.3 Å². The number of nitrogens with zero attached hydrogens (tertiary/aromatic N) is 1. The molecule has 2 aliphatic rings. The highest BCUT2D eigenvalue weighted by Crippen LogP contribution is 2.32. The Morgan fingerprint density at radius 1 is 1.10 bits per heavy atom. The number of rotatable bonds is 2. The van der Waals surface area contributed by atoms with Crippen molar-refractivity contribution in [3.05, 3.63) is 28.0 Å². The molecule has 1 aliphatic carbocycles. The summed E-state index contributed by atoms with van der Waals surface area (Å²) in [7, 11) is 0. The third-order valence-corrected chi connectivity index (χ3v) is 5.31. The molecule has 1 saturated heterocycles. The van der Waals surface area contributed by atoms with Crippen molar-refractivity contribution in [2.24, 2.45) is 5.92 Å². The minimum Gasteiger partial charge on any atom is -0.369 e. The van der Waals surface area contributed by atoms with Crippen LogP contribution in [0.15, 0.2) is 12.1 Å². The Kier molecular flexibility index (Phi) is 4.92. The van der Waals surface area contributed by atoms with Crippen molar-refractivity contribution in [2.75, 3.05) is 24.5 Å². The Labute approximate surface area is 135 Å². The third-order valence-electron chi connectivity index (χ3n) is 4.76. The van der Waals surface area contributed by atoms with Crippen molar-refractivity contribution >= 4 is 28.9 Å². The van der Waals surface area contributed by atoms with Crippen LogP contribution in [0.4, 0.5) is 10.1 Å². The van der Waals surface area contributed by atoms with Crippen LogP contribution in [-0.2, 0) is 0 Å². The van der Waals surface area contributed by atoms with Crippen molar-refractivity contribution < 1.29 is 4.39 Å². The third kappa shape index (κ3) is 3.46. The molecule has 0 bridgehead atoms. The molecule has 5 heteroatoms. The summed E-state index contributed by atoms with van der Waals surface area (Å²) in [6, 6.07) is 3.89. The van der Waals surface area contributed by atoms with Gasteiger partial charge in [-0.3, -0.25) is 0 Å². The first-order valence-corrected chi connectivity index (χ1v) is 8.53. The fourth-order valence-electron chi connectivity index (χ4n) is 3.59. The number of hydrogen-bond donors (Lipinski definition) is 1. The van der Waals surface area contributed by atoms with Crippen molar-refractivity contribution in [1.82, 2.24) is 5.32 Å². The van der Waals surface area contributed by atoms with Crippen LogP contribution in [-0.4, -0.2) is 25.7 Å². The average Bonchev–Trinajstić information content (AvgIpc) is 2.53. The first kappa shape index (κ1) is 15.4. The van der Waals surface area contributed by atoms with Crippen LogP contribution < -0.4 is 10.2 Å². The summed E-state index contributed by atoms with van der Waals surface area (Å²) in [4.78, 5) is 2.27. The van der Waals surface area contributed by atoms with Gasteiger partial charge in [0.15, 0.2) is 5.82 Å². The number of benzene rings is 1. The maximum absolute atomic E-state index is 13.6. The molecule has 21 heavy (non-hydrogen) atoms. The van der Waals surface area contributed by atoms with E-state index < -0.39 is 5.82 Å². The quantitative estimate of drug-likeness (QED) is 0.803. The van der Waals surface area contributed by atoms with Gasteiger partial charge in [-0.05, 0) is 30.9 Å². The Balaban J connectivity index is 1.73. The molecule has 116 valence electrons. The van der Waals surface area contributed by atoms with Gasteiger partial charge in [-0.15, -0.1) is 0 Å². The van der Waals surface area contributed by atoms with E-state index in [0.717, 1.165) is 31.2 Å². The van der Waals surface area contributed by atoms with E-state index in [0.29, 0.717) is 6.04 Å². The largest absolute Gasteiger partial charge is 0.369 e. The van der Waals surface area contributed by atoms with Gasteiger partial charge < -0.3 is 10.2 Å². The van der Waals surface area contributed by atoms with E-state index in [2.05, 4.69) is 10.2 Å². The van der Waals surface area contributed by atoms with E-state index >= 15 is 0 Å². The zero-order valence-electron chi connectivity index (χ0n) is 12.0. The first-order valence-electron chi connectivity index (χ1n) is 7.78. The number of hydrogen-bond acceptors (Lipinski definition) is 2. The minimum atomic E-state index is -0.527. The SMILES string of the molecule is Fc1c(Cl)cc(N2CCNC(C3CCCCC3)C2)cc1Cl. The van der Waals surface area contributed by atoms with Crippen LogP contribution in [0, 0.1) is 11.7 Å². The maximum atomic E-state index is 13.6. The Morgan fingerprint density at radius 2 is 1.76 bits per heavy atom. The average molecular weight is 331 g/mol. The molecular formula is C16H21Cl2FN2. The van der Waals surface area contributed by atoms with E-state index in [1.807, 2.05) is 0 Å². The van der Waals surface area contributed by atoms with Crippen LogP contribution in [0.3, 0.4) is 0 Å². The molecule has 0 spiro atoms. The monoisotopic (exact) mass is 330 g/mol. The highest BCUT2D eigenvalue weighted by molar-refractivity contribution is 6.35. The maximum Gasteiger partial charge on any atom is 0.160 e. The van der Waals surface area contributed by atoms with Gasteiger partial charge in [-0.25, -0.2) is 4.39 Å². The van der Waals surface area contributed by atoms with Crippen molar-refractivity contribution in [2.45, 2.75) is 38.1 Å². The summed E-state index contributed by atoms with van der Waals surface area (Å²) in [6.45, 7) is 2.80. The molecule has 1 saturated carbocycles. The standard InChI is InChI=1S/C16H21Cl2FN2/c17-13-8-12(9-14(18)16(13)19)21-7-6-20-15(10-21)11-4-2-1-3-5-11/h8-9,11,15,20H,1-7,10H2. The van der Waals surface area contributed by atoms with Crippen LogP contribution in [0.25, 0.3) is 0 Å². The van der Waals surface area contributed by atoms with Crippen molar-refractivity contribution in [3.63, 3.8) is 0 Å². The highest BCUT2D eigenvalue weighted by Gasteiger charge is 2.28. The van der Waals surface area contributed by atoms with E-state index in [4.69, 9.17) is 23.2 Å². The Hall–Kier alpha value is -0.510. The lowest BCUT2D eigenvalue weighted by Crippen LogP contribution is -2.54. The second-order valence-corrected chi connectivity index (χ2v) is 6.94. The van der Waals surface area contributed by atoms with E-state index in [1.165, 1.54) is 32.1 Å². The van der Waals surface area contributed by atoms with Gasteiger partial charge >= 0.3 is 0 Å². The highest BCUT2D eigenvalue weighted by atomic mass is 35.5. The molecule has 1 unspecified atom stereocenters. The molecule has 1 atom stereocenters. The number of nitrogens with one attached hydrogen (secondary N) is 1. The molecule has 1 N–H and O–H groups in total. The predicted molar refractivity (Wildman–Crippen MR) is 87.0 cm³/mol. The molecule has 1 aliphatic heterocycles. The van der Waals surface area contributed by atoms with Gasteiger partial charge in [0.1, 0.15) is 0 Å². The summed E-state index contributed by atoms with van der Waals surface area (Å²) < 4.78 is 13.6. The number of halogens is 3. The predicted octanol–water partition coefficient (Wildman–Crippen LogP) is 4.49. The smallest absolute Gasteiger partial charge is 0.160 e. The molecular weight excluding hydrogens is 310 g/mol. The summed E-state index contributed by atoms with van der Waals surface area (Å²) in [5.74, 6) is 0.231. The molecule has 3 rings (SSSR count). The molecule has 1 aromatic rings. The van der Waals surface area contributed by atoms with Crippen molar-refractivity contribution in [3.8, 4) is 0 Å². The lowest BCUT2D eigenvalue weighted by Gasteiger charge is -2.40. The van der Waals surface area contributed by atoms with Gasteiger partial charge in [0, 0.05) is 31.4 Å². The van der Waals surface area contributed by atoms with Gasteiger partial charge in [-0.2, -0.15) is 0 Å². The fraction of sp³-hybridized carbons (Fsp3) is 0.625. The van der Waals surface area contributed by atoms with Gasteiger partial charge in [-0.1, -0.05) is 42.5 Å². The molecule has 0 radical (unpaired) electrons. The lowest BCUT2D eigenvalue weighted by molar-refractivity contribution is 0.257. The van der Waals surface area contributed by atoms with E-state index in [9.17, 15) is 4.39 Å². The second kappa shape index (κ2) is 6.72. The molecule has 2 fully saturated rings. The van der Waals surface area contributed by atoms with Gasteiger partial charge in [0.05, 0.1) is 10.0 Å². The molecule has 1 aromatic carbocycles. The lowest BCUT2D eigenvalue weighted by atomic mass is 9.83. The van der Waals surface area contributed by atoms with Crippen LogP contribution in [0.2, 0.25) is 10.0 Å². The molecule has 0 aromatic heterocycles. The Bertz CT molecular complexity index is 480. The summed E-state index contributed by atoms with van der Waals surface area (Å²) in [6.07, 6.45) is 6.69. The molecule has 2 nitrogen and oxygen atoms in total. The first-order chi connectivity index (χ1) is 10.1. The van der Waals surface area contributed by atoms with Gasteiger partial charge in [0.25, 0.3) is 0 Å². The normalized spacial score (nSPS) is 24.3. The number of piperazine rings is 1.